The third-order valence-electron chi connectivity index (χ3n) is 5.75. The van der Waals surface area contributed by atoms with Gasteiger partial charge in [-0.15, -0.1) is 0 Å². The van der Waals surface area contributed by atoms with Crippen LogP contribution in [0.25, 0.3) is 0 Å². The predicted octanol–water partition coefficient (Wildman–Crippen LogP) is 0.316. The van der Waals surface area contributed by atoms with Gasteiger partial charge >= 0.3 is 0 Å². The van der Waals surface area contributed by atoms with Crippen LogP contribution in [-0.4, -0.2) is 73.3 Å². The van der Waals surface area contributed by atoms with E-state index < -0.39 is 0 Å². The number of piperidine rings is 1. The van der Waals surface area contributed by atoms with Gasteiger partial charge in [0.2, 0.25) is 11.8 Å². The molecule has 4 aliphatic heterocycles. The van der Waals surface area contributed by atoms with Crippen molar-refractivity contribution in [3.05, 3.63) is 29.8 Å². The van der Waals surface area contributed by atoms with Crippen LogP contribution in [0.2, 0.25) is 0 Å². The van der Waals surface area contributed by atoms with Gasteiger partial charge in [0.15, 0.2) is 0 Å². The number of nitrogens with zero attached hydrogens (tertiary/aromatic N) is 3. The molecule has 26 heavy (non-hydrogen) atoms. The molecule has 0 aromatic heterocycles. The molecule has 2 bridgehead atoms. The number of rotatable bonds is 2. The molecule has 0 saturated carbocycles. The van der Waals surface area contributed by atoms with Gasteiger partial charge in [0.05, 0.1) is 11.3 Å². The van der Waals surface area contributed by atoms with Gasteiger partial charge in [-0.25, -0.2) is 0 Å². The Labute approximate surface area is 152 Å². The van der Waals surface area contributed by atoms with Crippen molar-refractivity contribution in [1.29, 1.82) is 0 Å². The predicted molar refractivity (Wildman–Crippen MR) is 96.9 cm³/mol. The molecule has 2 atom stereocenters. The van der Waals surface area contributed by atoms with Gasteiger partial charge in [0, 0.05) is 26.2 Å². The summed E-state index contributed by atoms with van der Waals surface area (Å²) < 4.78 is 0. The van der Waals surface area contributed by atoms with Crippen molar-refractivity contribution in [1.82, 2.24) is 15.1 Å². The van der Waals surface area contributed by atoms with E-state index in [-0.39, 0.29) is 36.9 Å². The van der Waals surface area contributed by atoms with Crippen molar-refractivity contribution in [2.45, 2.75) is 18.9 Å². The van der Waals surface area contributed by atoms with Crippen LogP contribution in [0, 0.1) is 5.92 Å². The van der Waals surface area contributed by atoms with E-state index in [1.807, 2.05) is 4.90 Å². The summed E-state index contributed by atoms with van der Waals surface area (Å²) in [6, 6.07) is 7.24. The average molecular weight is 356 g/mol. The zero-order chi connectivity index (χ0) is 18.3. The van der Waals surface area contributed by atoms with Crippen molar-refractivity contribution in [2.24, 2.45) is 5.92 Å². The number of hydrogen-bond donors (Lipinski definition) is 1. The summed E-state index contributed by atoms with van der Waals surface area (Å²) >= 11 is 0. The van der Waals surface area contributed by atoms with Crippen LogP contribution in [0.15, 0.2) is 24.3 Å². The second-order valence-corrected chi connectivity index (χ2v) is 7.43. The summed E-state index contributed by atoms with van der Waals surface area (Å²) in [7, 11) is 1.67. The Bertz CT molecular complexity index is 746. The Morgan fingerprint density at radius 3 is 2.85 bits per heavy atom. The van der Waals surface area contributed by atoms with Crippen LogP contribution in [0.4, 0.5) is 5.69 Å². The Balaban J connectivity index is 1.55. The first-order valence-corrected chi connectivity index (χ1v) is 9.19. The van der Waals surface area contributed by atoms with E-state index >= 15 is 0 Å². The van der Waals surface area contributed by atoms with Crippen LogP contribution in [0.3, 0.4) is 0 Å². The molecule has 1 aromatic rings. The number of hydrogen-bond acceptors (Lipinski definition) is 4. The van der Waals surface area contributed by atoms with Crippen LogP contribution in [-0.2, 0) is 9.59 Å². The van der Waals surface area contributed by atoms with E-state index in [1.54, 1.807) is 31.3 Å². The fourth-order valence-corrected chi connectivity index (χ4v) is 4.22. The van der Waals surface area contributed by atoms with Gasteiger partial charge in [0.1, 0.15) is 13.1 Å². The lowest BCUT2D eigenvalue weighted by Crippen LogP contribution is -2.52. The fourth-order valence-electron chi connectivity index (χ4n) is 4.22. The quantitative estimate of drug-likeness (QED) is 0.828. The molecule has 0 radical (unpaired) electrons. The molecule has 5 rings (SSSR count). The molecule has 0 unspecified atom stereocenters. The van der Waals surface area contributed by atoms with Crippen LogP contribution in [0.1, 0.15) is 23.2 Å². The first-order valence-electron chi connectivity index (χ1n) is 9.19. The monoisotopic (exact) mass is 356 g/mol. The number of carbonyl (C=O) groups is 3. The zero-order valence-electron chi connectivity index (χ0n) is 15.0. The van der Waals surface area contributed by atoms with Crippen molar-refractivity contribution in [2.75, 3.05) is 44.7 Å². The summed E-state index contributed by atoms with van der Waals surface area (Å²) in [5, 5.41) is 3.41. The van der Waals surface area contributed by atoms with Crippen LogP contribution >= 0.6 is 0 Å². The highest BCUT2D eigenvalue weighted by Gasteiger charge is 2.36. The molecule has 0 spiro atoms. The molecule has 1 aromatic carbocycles. The SMILES string of the molecule is CN1C(=O)CN(CC(=O)N2C[C@H]3CC[C@@H]2CNC3)C(=O)c2ccccc21. The standard InChI is InChI=1S/C19H24N4O3/c1-21-16-5-3-2-4-15(16)19(26)22(11-17(21)24)12-18(25)23-10-13-6-7-14(23)9-20-8-13/h2-5,13-14,20H,6-12H2,1H3/t13-,14+/m0/s1. The maximum atomic E-state index is 12.9. The fraction of sp³-hybridized carbons (Fsp3) is 0.526. The van der Waals surface area contributed by atoms with Gasteiger partial charge in [0.25, 0.3) is 5.91 Å². The lowest BCUT2D eigenvalue weighted by atomic mass is 9.95. The van der Waals surface area contributed by atoms with E-state index in [0.717, 1.165) is 32.5 Å². The zero-order valence-corrected chi connectivity index (χ0v) is 15.0. The number of anilines is 1. The van der Waals surface area contributed by atoms with Gasteiger partial charge in [-0.3, -0.25) is 14.4 Å². The van der Waals surface area contributed by atoms with Crippen LogP contribution in [0.5, 0.6) is 0 Å². The van der Waals surface area contributed by atoms with Gasteiger partial charge < -0.3 is 20.0 Å². The van der Waals surface area contributed by atoms with Gasteiger partial charge in [-0.1, -0.05) is 12.1 Å². The summed E-state index contributed by atoms with van der Waals surface area (Å²) in [6.45, 7) is 2.37. The van der Waals surface area contributed by atoms with Crippen molar-refractivity contribution >= 4 is 23.4 Å². The number of fused-ring (bicyclic) bond motifs is 5. The number of likely N-dealkylation sites (N-methyl/N-ethyl adjacent to an activating group) is 1. The smallest absolute Gasteiger partial charge is 0.256 e. The lowest BCUT2D eigenvalue weighted by Gasteiger charge is -2.37. The van der Waals surface area contributed by atoms with Crippen molar-refractivity contribution in [3.63, 3.8) is 0 Å². The van der Waals surface area contributed by atoms with Gasteiger partial charge in [-0.2, -0.15) is 0 Å². The number of nitrogens with one attached hydrogen (secondary N) is 1. The van der Waals surface area contributed by atoms with E-state index in [2.05, 4.69) is 5.32 Å². The number of amides is 3. The average Bonchev–Trinajstić information content (AvgIpc) is 3.04. The van der Waals surface area contributed by atoms with E-state index in [4.69, 9.17) is 0 Å². The first kappa shape index (κ1) is 17.0. The summed E-state index contributed by atoms with van der Waals surface area (Å²) in [4.78, 5) is 43.1. The summed E-state index contributed by atoms with van der Waals surface area (Å²) in [5.41, 5.74) is 1.06. The third-order valence-corrected chi connectivity index (χ3v) is 5.75. The molecule has 0 aliphatic carbocycles. The number of para-hydroxylation sites is 1. The van der Waals surface area contributed by atoms with E-state index in [9.17, 15) is 14.4 Å². The minimum atomic E-state index is -0.259. The minimum absolute atomic E-state index is 0.0457. The Hall–Kier alpha value is -2.41. The topological polar surface area (TPSA) is 73.0 Å². The molecule has 7 nitrogen and oxygen atoms in total. The first-order chi connectivity index (χ1) is 12.5. The maximum absolute atomic E-state index is 12.9. The molecular formula is C19H24N4O3. The number of carbonyl (C=O) groups excluding carboxylic acids is 3. The van der Waals surface area contributed by atoms with E-state index in [0.29, 0.717) is 17.2 Å². The molecular weight excluding hydrogens is 332 g/mol. The van der Waals surface area contributed by atoms with E-state index in [1.165, 1.54) is 9.80 Å². The second kappa shape index (κ2) is 6.72. The Kier molecular flexibility index (Phi) is 4.40. The van der Waals surface area contributed by atoms with Gasteiger partial charge in [-0.05, 0) is 37.4 Å². The highest BCUT2D eigenvalue weighted by Crippen LogP contribution is 2.26. The Morgan fingerprint density at radius 1 is 1.19 bits per heavy atom. The Morgan fingerprint density at radius 2 is 2.00 bits per heavy atom. The molecule has 138 valence electrons. The van der Waals surface area contributed by atoms with Crippen molar-refractivity contribution in [3.8, 4) is 0 Å². The molecule has 4 heterocycles. The van der Waals surface area contributed by atoms with Crippen molar-refractivity contribution < 1.29 is 14.4 Å². The minimum Gasteiger partial charge on any atom is -0.337 e. The summed E-state index contributed by atoms with van der Waals surface area (Å²) in [5.74, 6) is -0.0301. The number of benzene rings is 1. The lowest BCUT2D eigenvalue weighted by molar-refractivity contribution is -0.136. The third kappa shape index (κ3) is 2.96. The summed E-state index contributed by atoms with van der Waals surface area (Å²) in [6.07, 6.45) is 2.14. The molecule has 3 fully saturated rings. The molecule has 4 aliphatic rings. The van der Waals surface area contributed by atoms with Crippen LogP contribution < -0.4 is 10.2 Å². The molecule has 7 heteroatoms. The maximum Gasteiger partial charge on any atom is 0.256 e. The highest BCUT2D eigenvalue weighted by molar-refractivity contribution is 6.10. The molecule has 1 N–H and O–H groups in total. The second-order valence-electron chi connectivity index (χ2n) is 7.43. The highest BCUT2D eigenvalue weighted by atomic mass is 16.2. The molecule has 3 amide bonds. The molecule has 3 saturated heterocycles. The normalized spacial score (nSPS) is 25.8. The largest absolute Gasteiger partial charge is 0.337 e.